The van der Waals surface area contributed by atoms with E-state index in [0.29, 0.717) is 25.0 Å². The van der Waals surface area contributed by atoms with Gasteiger partial charge in [0.1, 0.15) is 0 Å². The van der Waals surface area contributed by atoms with Crippen LogP contribution in [0.25, 0.3) is 0 Å². The van der Waals surface area contributed by atoms with Crippen molar-refractivity contribution in [1.82, 2.24) is 10.6 Å². The third kappa shape index (κ3) is 2.98. The molecule has 6 heteroatoms. The maximum atomic E-state index is 12.5. The van der Waals surface area contributed by atoms with Crippen LogP contribution in [0.3, 0.4) is 0 Å². The van der Waals surface area contributed by atoms with E-state index in [-0.39, 0.29) is 18.0 Å². The molecule has 6 nitrogen and oxygen atoms in total. The van der Waals surface area contributed by atoms with Gasteiger partial charge in [0.2, 0.25) is 5.91 Å². The lowest BCUT2D eigenvalue weighted by atomic mass is 9.85. The largest absolute Gasteiger partial charge is 0.336 e. The highest BCUT2D eigenvalue weighted by molar-refractivity contribution is 5.96. The van der Waals surface area contributed by atoms with Crippen molar-refractivity contribution in [3.05, 3.63) is 24.3 Å². The smallest absolute Gasteiger partial charge is 0.321 e. The van der Waals surface area contributed by atoms with Gasteiger partial charge in [-0.15, -0.1) is 0 Å². The fourth-order valence-electron chi connectivity index (χ4n) is 4.19. The fourth-order valence-corrected chi connectivity index (χ4v) is 4.19. The van der Waals surface area contributed by atoms with Gasteiger partial charge in [0.15, 0.2) is 0 Å². The van der Waals surface area contributed by atoms with E-state index in [4.69, 9.17) is 0 Å². The molecule has 0 bridgehead atoms. The second-order valence-corrected chi connectivity index (χ2v) is 7.03. The van der Waals surface area contributed by atoms with Crippen LogP contribution in [0, 0.1) is 5.92 Å². The first-order valence-corrected chi connectivity index (χ1v) is 8.93. The normalized spacial score (nSPS) is 29.2. The number of fused-ring (bicyclic) bond motifs is 1. The Kier molecular flexibility index (Phi) is 4.14. The number of nitrogens with one attached hydrogen (secondary N) is 3. The standard InChI is InChI=1S/C18H24N4O2/c23-17(16-11-12-3-1-2-4-15(12)21-16)20-13-5-7-14(8-6-13)22-10-9-19-18(22)24/h5-8,12,15-16,21H,1-4,9-11H2,(H,19,24)(H,20,23). The maximum Gasteiger partial charge on any atom is 0.321 e. The lowest BCUT2D eigenvalue weighted by Crippen LogP contribution is -2.39. The number of benzene rings is 1. The van der Waals surface area contributed by atoms with Gasteiger partial charge in [0.25, 0.3) is 0 Å². The monoisotopic (exact) mass is 328 g/mol. The van der Waals surface area contributed by atoms with Crippen molar-refractivity contribution >= 4 is 23.3 Å². The van der Waals surface area contributed by atoms with Crippen molar-refractivity contribution in [2.75, 3.05) is 23.3 Å². The van der Waals surface area contributed by atoms with Gasteiger partial charge in [0.05, 0.1) is 6.04 Å². The van der Waals surface area contributed by atoms with E-state index in [1.807, 2.05) is 24.3 Å². The van der Waals surface area contributed by atoms with Crippen LogP contribution in [-0.4, -0.2) is 37.1 Å². The Hall–Kier alpha value is -2.08. The Labute approximate surface area is 142 Å². The number of nitrogens with zero attached hydrogens (tertiary/aromatic N) is 1. The van der Waals surface area contributed by atoms with Gasteiger partial charge >= 0.3 is 6.03 Å². The van der Waals surface area contributed by atoms with E-state index in [1.165, 1.54) is 25.7 Å². The number of carbonyl (C=O) groups excluding carboxylic acids is 2. The molecular weight excluding hydrogens is 304 g/mol. The molecule has 3 aliphatic rings. The number of urea groups is 1. The predicted octanol–water partition coefficient (Wildman–Crippen LogP) is 2.08. The van der Waals surface area contributed by atoms with E-state index in [2.05, 4.69) is 16.0 Å². The molecular formula is C18H24N4O2. The molecule has 1 aromatic carbocycles. The van der Waals surface area contributed by atoms with Crippen LogP contribution in [0.1, 0.15) is 32.1 Å². The highest BCUT2D eigenvalue weighted by Crippen LogP contribution is 2.33. The number of carbonyl (C=O) groups is 2. The minimum absolute atomic E-state index is 0.0519. The summed E-state index contributed by atoms with van der Waals surface area (Å²) < 4.78 is 0. The number of amides is 3. The Balaban J connectivity index is 1.36. The molecule has 3 unspecified atom stereocenters. The third-order valence-electron chi connectivity index (χ3n) is 5.48. The van der Waals surface area contributed by atoms with Gasteiger partial charge in [-0.25, -0.2) is 4.79 Å². The second kappa shape index (κ2) is 6.43. The summed E-state index contributed by atoms with van der Waals surface area (Å²) in [5, 5.41) is 9.29. The van der Waals surface area contributed by atoms with E-state index in [0.717, 1.165) is 17.8 Å². The Morgan fingerprint density at radius 3 is 2.67 bits per heavy atom. The molecule has 2 heterocycles. The van der Waals surface area contributed by atoms with Crippen LogP contribution in [0.2, 0.25) is 0 Å². The predicted molar refractivity (Wildman–Crippen MR) is 93.1 cm³/mol. The van der Waals surface area contributed by atoms with Crippen LogP contribution in [-0.2, 0) is 4.79 Å². The van der Waals surface area contributed by atoms with E-state index < -0.39 is 0 Å². The first-order valence-electron chi connectivity index (χ1n) is 8.93. The molecule has 1 saturated carbocycles. The molecule has 2 saturated heterocycles. The van der Waals surface area contributed by atoms with Crippen molar-refractivity contribution < 1.29 is 9.59 Å². The average Bonchev–Trinajstić information content (AvgIpc) is 3.21. The molecule has 3 amide bonds. The third-order valence-corrected chi connectivity index (χ3v) is 5.48. The zero-order chi connectivity index (χ0) is 16.5. The maximum absolute atomic E-state index is 12.5. The molecule has 0 aromatic heterocycles. The van der Waals surface area contributed by atoms with Crippen molar-refractivity contribution in [3.8, 4) is 0 Å². The average molecular weight is 328 g/mol. The highest BCUT2D eigenvalue weighted by Gasteiger charge is 2.38. The molecule has 0 radical (unpaired) electrons. The minimum atomic E-state index is -0.0814. The Bertz CT molecular complexity index is 616. The van der Waals surface area contributed by atoms with Crippen LogP contribution in [0.4, 0.5) is 16.2 Å². The topological polar surface area (TPSA) is 73.5 Å². The molecule has 128 valence electrons. The van der Waals surface area contributed by atoms with Crippen LogP contribution < -0.4 is 20.9 Å². The fraction of sp³-hybridized carbons (Fsp3) is 0.556. The quantitative estimate of drug-likeness (QED) is 0.795. The number of rotatable bonds is 3. The summed E-state index contributed by atoms with van der Waals surface area (Å²) in [5.41, 5.74) is 1.63. The second-order valence-electron chi connectivity index (χ2n) is 7.03. The summed E-state index contributed by atoms with van der Waals surface area (Å²) >= 11 is 0. The molecule has 4 rings (SSSR count). The minimum Gasteiger partial charge on any atom is -0.336 e. The zero-order valence-corrected chi connectivity index (χ0v) is 13.8. The van der Waals surface area contributed by atoms with Crippen LogP contribution in [0.15, 0.2) is 24.3 Å². The van der Waals surface area contributed by atoms with Gasteiger partial charge in [-0.05, 0) is 49.4 Å². The zero-order valence-electron chi connectivity index (χ0n) is 13.8. The summed E-state index contributed by atoms with van der Waals surface area (Å²) in [6.07, 6.45) is 5.95. The molecule has 3 fully saturated rings. The highest BCUT2D eigenvalue weighted by atomic mass is 16.2. The molecule has 1 aliphatic carbocycles. The molecule has 3 N–H and O–H groups in total. The number of anilines is 2. The molecule has 3 atom stereocenters. The number of hydrogen-bond acceptors (Lipinski definition) is 3. The summed E-state index contributed by atoms with van der Waals surface area (Å²) in [6.45, 7) is 1.35. The van der Waals surface area contributed by atoms with Crippen molar-refractivity contribution in [2.45, 2.75) is 44.2 Å². The van der Waals surface area contributed by atoms with E-state index >= 15 is 0 Å². The lowest BCUT2D eigenvalue weighted by molar-refractivity contribution is -0.117. The summed E-state index contributed by atoms with van der Waals surface area (Å²) in [5.74, 6) is 0.710. The van der Waals surface area contributed by atoms with E-state index in [1.54, 1.807) is 4.90 Å². The molecule has 0 spiro atoms. The van der Waals surface area contributed by atoms with Crippen molar-refractivity contribution in [1.29, 1.82) is 0 Å². The summed E-state index contributed by atoms with van der Waals surface area (Å²) in [4.78, 5) is 25.9. The van der Waals surface area contributed by atoms with Gasteiger partial charge in [0, 0.05) is 30.5 Å². The van der Waals surface area contributed by atoms with Crippen molar-refractivity contribution in [3.63, 3.8) is 0 Å². The summed E-state index contributed by atoms with van der Waals surface area (Å²) in [7, 11) is 0. The van der Waals surface area contributed by atoms with Gasteiger partial charge < -0.3 is 16.0 Å². The lowest BCUT2D eigenvalue weighted by Gasteiger charge is -2.24. The first kappa shape index (κ1) is 15.4. The van der Waals surface area contributed by atoms with Gasteiger partial charge in [-0.2, -0.15) is 0 Å². The molecule has 2 aliphatic heterocycles. The number of hydrogen-bond donors (Lipinski definition) is 3. The molecule has 24 heavy (non-hydrogen) atoms. The van der Waals surface area contributed by atoms with Crippen molar-refractivity contribution in [2.24, 2.45) is 5.92 Å². The SMILES string of the molecule is O=C(Nc1ccc(N2CCNC2=O)cc1)C1CC2CCCCC2N1. The van der Waals surface area contributed by atoms with Crippen LogP contribution in [0.5, 0.6) is 0 Å². The summed E-state index contributed by atoms with van der Waals surface area (Å²) in [6, 6.07) is 7.85. The van der Waals surface area contributed by atoms with Crippen LogP contribution >= 0.6 is 0 Å². The molecule has 1 aromatic rings. The first-order chi connectivity index (χ1) is 11.7. The van der Waals surface area contributed by atoms with E-state index in [9.17, 15) is 9.59 Å². The van der Waals surface area contributed by atoms with Gasteiger partial charge in [-0.1, -0.05) is 12.8 Å². The Morgan fingerprint density at radius 2 is 1.96 bits per heavy atom. The van der Waals surface area contributed by atoms with Gasteiger partial charge in [-0.3, -0.25) is 9.69 Å². The Morgan fingerprint density at radius 1 is 1.17 bits per heavy atom.